The third kappa shape index (κ3) is 3.31. The standard InChI is InChI=1S/C17H14N8O/c26-17(16-11-20-25(22-16)15-4-2-1-3-5-15)19-10-13-12-24(23-21-13)14-6-8-18-9-7-14/h1-9,11-12H,10H2,(H,19,26). The summed E-state index contributed by atoms with van der Waals surface area (Å²) in [5, 5.41) is 19.1. The third-order valence-electron chi connectivity index (χ3n) is 3.61. The number of pyridine rings is 1. The second-order valence-electron chi connectivity index (χ2n) is 5.40. The Morgan fingerprint density at radius 1 is 1.04 bits per heavy atom. The minimum atomic E-state index is -0.328. The summed E-state index contributed by atoms with van der Waals surface area (Å²) in [6.45, 7) is 0.238. The largest absolute Gasteiger partial charge is 0.345 e. The van der Waals surface area contributed by atoms with Crippen LogP contribution in [0, 0.1) is 0 Å². The van der Waals surface area contributed by atoms with Crippen LogP contribution < -0.4 is 5.32 Å². The van der Waals surface area contributed by atoms with Gasteiger partial charge < -0.3 is 5.32 Å². The molecule has 0 spiro atoms. The molecule has 0 saturated carbocycles. The number of aromatic nitrogens is 7. The summed E-state index contributed by atoms with van der Waals surface area (Å²) in [6, 6.07) is 13.0. The van der Waals surface area contributed by atoms with E-state index in [2.05, 4.69) is 30.8 Å². The molecule has 0 unspecified atom stereocenters. The van der Waals surface area contributed by atoms with Crippen molar-refractivity contribution in [3.8, 4) is 11.4 Å². The molecule has 0 fully saturated rings. The average molecular weight is 346 g/mol. The molecule has 9 nitrogen and oxygen atoms in total. The van der Waals surface area contributed by atoms with Crippen LogP contribution in [0.25, 0.3) is 11.4 Å². The van der Waals surface area contributed by atoms with Gasteiger partial charge in [0.25, 0.3) is 5.91 Å². The lowest BCUT2D eigenvalue weighted by atomic mass is 10.3. The molecule has 1 aromatic carbocycles. The fourth-order valence-corrected chi connectivity index (χ4v) is 2.32. The zero-order chi connectivity index (χ0) is 17.8. The van der Waals surface area contributed by atoms with Gasteiger partial charge >= 0.3 is 0 Å². The van der Waals surface area contributed by atoms with Gasteiger partial charge in [0.15, 0.2) is 5.69 Å². The van der Waals surface area contributed by atoms with Crippen LogP contribution in [-0.4, -0.2) is 40.9 Å². The molecule has 1 N–H and O–H groups in total. The van der Waals surface area contributed by atoms with Crippen LogP contribution in [0.1, 0.15) is 16.2 Å². The molecule has 26 heavy (non-hydrogen) atoms. The molecule has 4 aromatic rings. The number of nitrogens with zero attached hydrogens (tertiary/aromatic N) is 7. The molecule has 0 radical (unpaired) electrons. The Morgan fingerprint density at radius 3 is 2.65 bits per heavy atom. The Bertz CT molecular complexity index is 1010. The van der Waals surface area contributed by atoms with Crippen molar-refractivity contribution in [2.45, 2.75) is 6.54 Å². The molecule has 0 atom stereocenters. The molecule has 3 heterocycles. The molecular weight excluding hydrogens is 332 g/mol. The number of carbonyl (C=O) groups excluding carboxylic acids is 1. The summed E-state index contributed by atoms with van der Waals surface area (Å²) in [4.78, 5) is 17.6. The first-order valence-corrected chi connectivity index (χ1v) is 7.87. The summed E-state index contributed by atoms with van der Waals surface area (Å²) in [5.41, 5.74) is 2.49. The van der Waals surface area contributed by atoms with Gasteiger partial charge in [-0.25, -0.2) is 4.68 Å². The summed E-state index contributed by atoms with van der Waals surface area (Å²) >= 11 is 0. The lowest BCUT2D eigenvalue weighted by molar-refractivity contribution is 0.0945. The molecule has 128 valence electrons. The minimum Gasteiger partial charge on any atom is -0.345 e. The maximum Gasteiger partial charge on any atom is 0.273 e. The first-order valence-electron chi connectivity index (χ1n) is 7.87. The highest BCUT2D eigenvalue weighted by molar-refractivity contribution is 5.91. The Morgan fingerprint density at radius 2 is 1.85 bits per heavy atom. The number of para-hydroxylation sites is 1. The van der Waals surface area contributed by atoms with Crippen LogP contribution in [-0.2, 0) is 6.54 Å². The van der Waals surface area contributed by atoms with Crippen LogP contribution in [0.4, 0.5) is 0 Å². The van der Waals surface area contributed by atoms with Crippen molar-refractivity contribution in [1.82, 2.24) is 40.3 Å². The second-order valence-corrected chi connectivity index (χ2v) is 5.40. The summed E-state index contributed by atoms with van der Waals surface area (Å²) in [7, 11) is 0. The quantitative estimate of drug-likeness (QED) is 0.582. The van der Waals surface area contributed by atoms with Crippen LogP contribution >= 0.6 is 0 Å². The highest BCUT2D eigenvalue weighted by atomic mass is 16.2. The fourth-order valence-electron chi connectivity index (χ4n) is 2.32. The van der Waals surface area contributed by atoms with Crippen molar-refractivity contribution < 1.29 is 4.79 Å². The van der Waals surface area contributed by atoms with Crippen molar-refractivity contribution in [2.75, 3.05) is 0 Å². The van der Waals surface area contributed by atoms with E-state index >= 15 is 0 Å². The Hall–Kier alpha value is -3.88. The number of hydrogen-bond donors (Lipinski definition) is 1. The smallest absolute Gasteiger partial charge is 0.273 e. The van der Waals surface area contributed by atoms with E-state index in [4.69, 9.17) is 0 Å². The van der Waals surface area contributed by atoms with Crippen LogP contribution in [0.3, 0.4) is 0 Å². The lowest BCUT2D eigenvalue weighted by Crippen LogP contribution is -2.23. The Kier molecular flexibility index (Phi) is 4.17. The number of carbonyl (C=O) groups is 1. The summed E-state index contributed by atoms with van der Waals surface area (Å²) < 4.78 is 1.62. The summed E-state index contributed by atoms with van der Waals surface area (Å²) in [5.74, 6) is -0.328. The van der Waals surface area contributed by atoms with E-state index in [1.54, 1.807) is 23.3 Å². The normalized spacial score (nSPS) is 10.6. The molecule has 1 amide bonds. The Labute approximate surface area is 148 Å². The number of amides is 1. The molecule has 0 bridgehead atoms. The summed E-state index contributed by atoms with van der Waals surface area (Å²) in [6.07, 6.45) is 6.52. The van der Waals surface area contributed by atoms with E-state index in [1.165, 1.54) is 11.0 Å². The molecule has 3 aromatic heterocycles. The van der Waals surface area contributed by atoms with E-state index < -0.39 is 0 Å². The number of benzene rings is 1. The number of nitrogens with one attached hydrogen (secondary N) is 1. The molecule has 0 aliphatic heterocycles. The van der Waals surface area contributed by atoms with E-state index in [9.17, 15) is 4.79 Å². The highest BCUT2D eigenvalue weighted by Gasteiger charge is 2.12. The van der Waals surface area contributed by atoms with Gasteiger partial charge in [0, 0.05) is 12.4 Å². The van der Waals surface area contributed by atoms with E-state index in [1.807, 2.05) is 42.5 Å². The monoisotopic (exact) mass is 346 g/mol. The van der Waals surface area contributed by atoms with Crippen molar-refractivity contribution >= 4 is 5.91 Å². The van der Waals surface area contributed by atoms with Crippen molar-refractivity contribution in [2.24, 2.45) is 0 Å². The zero-order valence-electron chi connectivity index (χ0n) is 13.6. The highest BCUT2D eigenvalue weighted by Crippen LogP contribution is 2.06. The molecule has 9 heteroatoms. The average Bonchev–Trinajstić information content (AvgIpc) is 3.37. The zero-order valence-corrected chi connectivity index (χ0v) is 13.6. The third-order valence-corrected chi connectivity index (χ3v) is 3.61. The molecular formula is C17H14N8O. The Balaban J connectivity index is 1.40. The van der Waals surface area contributed by atoms with Crippen LogP contribution in [0.2, 0.25) is 0 Å². The van der Waals surface area contributed by atoms with Gasteiger partial charge in [0.05, 0.1) is 30.3 Å². The minimum absolute atomic E-state index is 0.232. The van der Waals surface area contributed by atoms with Gasteiger partial charge in [0.1, 0.15) is 5.69 Å². The van der Waals surface area contributed by atoms with Crippen molar-refractivity contribution in [1.29, 1.82) is 0 Å². The van der Waals surface area contributed by atoms with Crippen LogP contribution in [0.5, 0.6) is 0 Å². The topological polar surface area (TPSA) is 103 Å². The second kappa shape index (κ2) is 6.93. The van der Waals surface area contributed by atoms with Gasteiger partial charge in [0.2, 0.25) is 0 Å². The predicted molar refractivity (Wildman–Crippen MR) is 91.7 cm³/mol. The predicted octanol–water partition coefficient (Wildman–Crippen LogP) is 1.17. The van der Waals surface area contributed by atoms with Gasteiger partial charge in [-0.2, -0.15) is 9.90 Å². The molecule has 0 aliphatic rings. The lowest BCUT2D eigenvalue weighted by Gasteiger charge is -2.00. The maximum atomic E-state index is 12.2. The van der Waals surface area contributed by atoms with Crippen LogP contribution in [0.15, 0.2) is 67.3 Å². The van der Waals surface area contributed by atoms with Gasteiger partial charge in [-0.05, 0) is 24.3 Å². The van der Waals surface area contributed by atoms with Crippen molar-refractivity contribution in [3.05, 3.63) is 78.6 Å². The maximum absolute atomic E-state index is 12.2. The van der Waals surface area contributed by atoms with Crippen molar-refractivity contribution in [3.63, 3.8) is 0 Å². The first-order chi connectivity index (χ1) is 12.8. The first kappa shape index (κ1) is 15.6. The van der Waals surface area contributed by atoms with Gasteiger partial charge in [-0.3, -0.25) is 9.78 Å². The molecule has 4 rings (SSSR count). The SMILES string of the molecule is O=C(NCc1cn(-c2ccncc2)nn1)c1cnn(-c2ccccc2)n1. The van der Waals surface area contributed by atoms with Gasteiger partial charge in [-0.1, -0.05) is 23.4 Å². The number of hydrogen-bond acceptors (Lipinski definition) is 6. The fraction of sp³-hybridized carbons (Fsp3) is 0.0588. The van der Waals surface area contributed by atoms with E-state index in [0.29, 0.717) is 5.69 Å². The van der Waals surface area contributed by atoms with Gasteiger partial charge in [-0.15, -0.1) is 10.2 Å². The van der Waals surface area contributed by atoms with E-state index in [-0.39, 0.29) is 18.1 Å². The number of rotatable bonds is 5. The molecule has 0 aliphatic carbocycles. The molecule has 0 saturated heterocycles. The van der Waals surface area contributed by atoms with E-state index in [0.717, 1.165) is 11.4 Å².